The fourth-order valence-corrected chi connectivity index (χ4v) is 4.27. The van der Waals surface area contributed by atoms with Gasteiger partial charge in [0.25, 0.3) is 5.91 Å². The lowest BCUT2D eigenvalue weighted by Crippen LogP contribution is -2.36. The highest BCUT2D eigenvalue weighted by atomic mass is 35.5. The molecular formula is C25H24ClN5O. The van der Waals surface area contributed by atoms with E-state index in [2.05, 4.69) is 20.7 Å². The lowest BCUT2D eigenvalue weighted by atomic mass is 9.95. The van der Waals surface area contributed by atoms with Crippen molar-refractivity contribution in [2.45, 2.75) is 38.1 Å². The molecule has 2 aromatic carbocycles. The first-order valence-corrected chi connectivity index (χ1v) is 11.3. The Balaban J connectivity index is 1.31. The van der Waals surface area contributed by atoms with Gasteiger partial charge in [0.1, 0.15) is 0 Å². The van der Waals surface area contributed by atoms with Crippen molar-refractivity contribution in [1.29, 1.82) is 0 Å². The maximum Gasteiger partial charge on any atom is 0.251 e. The summed E-state index contributed by atoms with van der Waals surface area (Å²) in [6, 6.07) is 21.2. The molecule has 7 heteroatoms. The van der Waals surface area contributed by atoms with Gasteiger partial charge in [-0.25, -0.2) is 4.52 Å². The molecule has 2 heterocycles. The number of carbonyl (C=O) groups excluding carboxylic acids is 1. The van der Waals surface area contributed by atoms with Crippen molar-refractivity contribution >= 4 is 34.8 Å². The molecule has 32 heavy (non-hydrogen) atoms. The molecule has 0 radical (unpaired) electrons. The number of pyridine rings is 1. The summed E-state index contributed by atoms with van der Waals surface area (Å²) in [5, 5.41) is 11.7. The highest BCUT2D eigenvalue weighted by Crippen LogP contribution is 2.24. The van der Waals surface area contributed by atoms with Crippen LogP contribution in [0.15, 0.2) is 66.7 Å². The lowest BCUT2D eigenvalue weighted by Gasteiger charge is -2.22. The Morgan fingerprint density at radius 3 is 2.44 bits per heavy atom. The van der Waals surface area contributed by atoms with Gasteiger partial charge in [-0.05, 0) is 61.4 Å². The molecule has 5 rings (SSSR count). The van der Waals surface area contributed by atoms with Gasteiger partial charge >= 0.3 is 0 Å². The molecule has 1 saturated carbocycles. The smallest absolute Gasteiger partial charge is 0.251 e. The van der Waals surface area contributed by atoms with Gasteiger partial charge < -0.3 is 10.6 Å². The van der Waals surface area contributed by atoms with E-state index in [1.165, 1.54) is 19.3 Å². The molecule has 1 aliphatic rings. The maximum absolute atomic E-state index is 12.5. The van der Waals surface area contributed by atoms with Crippen LogP contribution in [0.25, 0.3) is 16.9 Å². The van der Waals surface area contributed by atoms with Crippen LogP contribution in [0.5, 0.6) is 0 Å². The van der Waals surface area contributed by atoms with Gasteiger partial charge in [0, 0.05) is 27.9 Å². The molecule has 1 aliphatic carbocycles. The molecule has 4 aromatic rings. The van der Waals surface area contributed by atoms with Crippen LogP contribution < -0.4 is 10.6 Å². The minimum Gasteiger partial charge on any atom is -0.349 e. The van der Waals surface area contributed by atoms with Crippen molar-refractivity contribution < 1.29 is 4.79 Å². The molecule has 0 atom stereocenters. The Kier molecular flexibility index (Phi) is 5.77. The monoisotopic (exact) mass is 445 g/mol. The third-order valence-corrected chi connectivity index (χ3v) is 6.10. The third-order valence-electron chi connectivity index (χ3n) is 5.84. The summed E-state index contributed by atoms with van der Waals surface area (Å²) in [4.78, 5) is 17.1. The van der Waals surface area contributed by atoms with Gasteiger partial charge in [-0.1, -0.05) is 49.1 Å². The summed E-state index contributed by atoms with van der Waals surface area (Å²) < 4.78 is 1.80. The molecule has 0 saturated heterocycles. The fraction of sp³-hybridized carbons (Fsp3) is 0.240. The molecule has 0 unspecified atom stereocenters. The molecule has 0 aliphatic heterocycles. The molecule has 1 fully saturated rings. The predicted molar refractivity (Wildman–Crippen MR) is 127 cm³/mol. The second kappa shape index (κ2) is 9.01. The number of anilines is 2. The van der Waals surface area contributed by atoms with Crippen molar-refractivity contribution in [3.63, 3.8) is 0 Å². The quantitative estimate of drug-likeness (QED) is 0.404. The molecular weight excluding hydrogens is 422 g/mol. The fourth-order valence-electron chi connectivity index (χ4n) is 4.15. The van der Waals surface area contributed by atoms with Crippen LogP contribution in [0.1, 0.15) is 42.5 Å². The Morgan fingerprint density at radius 1 is 0.938 bits per heavy atom. The second-order valence-corrected chi connectivity index (χ2v) is 8.57. The molecule has 6 nitrogen and oxygen atoms in total. The van der Waals surface area contributed by atoms with Crippen LogP contribution in [-0.4, -0.2) is 26.5 Å². The van der Waals surface area contributed by atoms with Gasteiger partial charge in [-0.3, -0.25) is 4.79 Å². The maximum atomic E-state index is 12.5. The Labute approximate surface area is 191 Å². The van der Waals surface area contributed by atoms with E-state index < -0.39 is 0 Å². The number of benzene rings is 2. The highest BCUT2D eigenvalue weighted by molar-refractivity contribution is 6.30. The Hall–Kier alpha value is -3.38. The van der Waals surface area contributed by atoms with E-state index in [4.69, 9.17) is 11.6 Å². The highest BCUT2D eigenvalue weighted by Gasteiger charge is 2.16. The first kappa shape index (κ1) is 20.5. The van der Waals surface area contributed by atoms with Crippen LogP contribution in [0.4, 0.5) is 11.6 Å². The summed E-state index contributed by atoms with van der Waals surface area (Å²) in [7, 11) is 0. The number of carbonyl (C=O) groups is 1. The SMILES string of the molecule is O=C(NC1CCCCC1)c1ccc(Nc2nc3cccc(-c4ccc(Cl)cc4)n3n2)cc1. The molecule has 0 bridgehead atoms. The average Bonchev–Trinajstić information content (AvgIpc) is 3.23. The summed E-state index contributed by atoms with van der Waals surface area (Å²) in [6.45, 7) is 0. The van der Waals surface area contributed by atoms with Crippen LogP contribution in [-0.2, 0) is 0 Å². The number of amides is 1. The zero-order valence-corrected chi connectivity index (χ0v) is 18.3. The van der Waals surface area contributed by atoms with E-state index in [0.29, 0.717) is 22.6 Å². The number of fused-ring (bicyclic) bond motifs is 1. The Morgan fingerprint density at radius 2 is 1.69 bits per heavy atom. The first-order chi connectivity index (χ1) is 15.7. The minimum absolute atomic E-state index is 0.0121. The van der Waals surface area contributed by atoms with E-state index in [-0.39, 0.29) is 5.91 Å². The molecule has 2 aromatic heterocycles. The number of hydrogen-bond donors (Lipinski definition) is 2. The standard InChI is InChI=1S/C25H24ClN5O/c26-19-13-9-17(10-14-19)22-7-4-8-23-29-25(30-31(22)23)28-21-15-11-18(12-16-21)24(32)27-20-5-2-1-3-6-20/h4,7-16,20H,1-3,5-6H2,(H,27,32)(H,28,30). The van der Waals surface area contributed by atoms with E-state index in [0.717, 1.165) is 35.4 Å². The number of hydrogen-bond acceptors (Lipinski definition) is 4. The van der Waals surface area contributed by atoms with E-state index in [1.54, 1.807) is 4.52 Å². The van der Waals surface area contributed by atoms with Crippen LogP contribution in [0.2, 0.25) is 5.02 Å². The van der Waals surface area contributed by atoms with Crippen LogP contribution in [0.3, 0.4) is 0 Å². The topological polar surface area (TPSA) is 71.3 Å². The molecule has 162 valence electrons. The summed E-state index contributed by atoms with van der Waals surface area (Å²) in [5.41, 5.74) is 4.15. The second-order valence-electron chi connectivity index (χ2n) is 8.13. The number of rotatable bonds is 5. The van der Waals surface area contributed by atoms with Gasteiger partial charge in [0.05, 0.1) is 5.69 Å². The predicted octanol–water partition coefficient (Wildman–Crippen LogP) is 5.86. The van der Waals surface area contributed by atoms with Gasteiger partial charge in [0.15, 0.2) is 5.65 Å². The van der Waals surface area contributed by atoms with Crippen LogP contribution >= 0.6 is 11.6 Å². The van der Waals surface area contributed by atoms with Crippen molar-refractivity contribution in [2.24, 2.45) is 0 Å². The van der Waals surface area contributed by atoms with Crippen molar-refractivity contribution in [3.8, 4) is 11.3 Å². The number of aromatic nitrogens is 3. The third kappa shape index (κ3) is 4.46. The Bertz CT molecular complexity index is 1230. The van der Waals surface area contributed by atoms with Crippen molar-refractivity contribution in [1.82, 2.24) is 19.9 Å². The van der Waals surface area contributed by atoms with Gasteiger partial charge in [-0.2, -0.15) is 4.98 Å². The minimum atomic E-state index is -0.0121. The molecule has 0 spiro atoms. The molecule has 2 N–H and O–H groups in total. The van der Waals surface area contributed by atoms with E-state index in [9.17, 15) is 4.79 Å². The summed E-state index contributed by atoms with van der Waals surface area (Å²) >= 11 is 6.02. The van der Waals surface area contributed by atoms with Crippen LogP contribution in [0, 0.1) is 0 Å². The molecule has 1 amide bonds. The zero-order valence-electron chi connectivity index (χ0n) is 17.6. The van der Waals surface area contributed by atoms with Gasteiger partial charge in [-0.15, -0.1) is 5.10 Å². The largest absolute Gasteiger partial charge is 0.349 e. The van der Waals surface area contributed by atoms with E-state index in [1.807, 2.05) is 66.7 Å². The number of nitrogens with one attached hydrogen (secondary N) is 2. The normalized spacial score (nSPS) is 14.4. The zero-order chi connectivity index (χ0) is 21.9. The number of nitrogens with zero attached hydrogens (tertiary/aromatic N) is 3. The van der Waals surface area contributed by atoms with E-state index >= 15 is 0 Å². The lowest BCUT2D eigenvalue weighted by molar-refractivity contribution is 0.0927. The van der Waals surface area contributed by atoms with Crippen molar-refractivity contribution in [3.05, 3.63) is 77.3 Å². The van der Waals surface area contributed by atoms with Crippen molar-refractivity contribution in [2.75, 3.05) is 5.32 Å². The summed E-state index contributed by atoms with van der Waals surface area (Å²) in [5.74, 6) is 0.479. The first-order valence-electron chi connectivity index (χ1n) is 11.0. The average molecular weight is 446 g/mol. The van der Waals surface area contributed by atoms with Gasteiger partial charge in [0.2, 0.25) is 5.95 Å². The number of halogens is 1. The summed E-state index contributed by atoms with van der Waals surface area (Å²) in [6.07, 6.45) is 5.80.